The van der Waals surface area contributed by atoms with Gasteiger partial charge in [0, 0.05) is 4.48 Å². The molecule has 2 aliphatic carbocycles. The summed E-state index contributed by atoms with van der Waals surface area (Å²) < 4.78 is 1.07. The maximum Gasteiger partial charge on any atom is 0.0180 e. The topological polar surface area (TPSA) is 0 Å². The van der Waals surface area contributed by atoms with E-state index in [0.29, 0.717) is 0 Å². The molecular formula is C30H33Br. The van der Waals surface area contributed by atoms with Crippen molar-refractivity contribution in [2.75, 3.05) is 0 Å². The molecule has 0 nitrogen and oxygen atoms in total. The molecule has 2 rings (SSSR count). The lowest BCUT2D eigenvalue weighted by Crippen LogP contribution is -1.92. The van der Waals surface area contributed by atoms with E-state index in [1.807, 2.05) is 31.2 Å². The van der Waals surface area contributed by atoms with E-state index in [0.717, 1.165) is 10.9 Å². The molecule has 0 aliphatic heterocycles. The van der Waals surface area contributed by atoms with Crippen molar-refractivity contribution in [1.82, 2.24) is 0 Å². The first kappa shape index (κ1) is 24.6. The molecule has 0 fully saturated rings. The number of hydrogen-bond acceptors (Lipinski definition) is 0. The van der Waals surface area contributed by atoms with Crippen LogP contribution in [0.15, 0.2) is 141 Å². The third-order valence-electron chi connectivity index (χ3n) is 5.32. The molecule has 0 saturated carbocycles. The molecule has 0 radical (unpaired) electrons. The summed E-state index contributed by atoms with van der Waals surface area (Å²) in [5, 5.41) is 0. The van der Waals surface area contributed by atoms with E-state index >= 15 is 0 Å². The van der Waals surface area contributed by atoms with Gasteiger partial charge < -0.3 is 0 Å². The molecule has 0 N–H and O–H groups in total. The van der Waals surface area contributed by atoms with E-state index < -0.39 is 0 Å². The number of hydrogen-bond donors (Lipinski definition) is 0. The monoisotopic (exact) mass is 472 g/mol. The zero-order valence-electron chi connectivity index (χ0n) is 19.4. The standard InChI is InChI=1S/C30H33Br/c1-8-12-13-16-21(5)17-25(31)20-24-18-23(7)30-28(15-10-3)27(14-9-2)26(11-4)29(30)19-22(24)6/h8-17,19-20H,3-4,18H2,1-2,5-7H3/b12-8-,14-9-,16-13-,21-17+,25-20+,28-15-. The van der Waals surface area contributed by atoms with Gasteiger partial charge in [-0.05, 0) is 92.2 Å². The minimum Gasteiger partial charge on any atom is -0.0990 e. The number of allylic oxidation sites excluding steroid dienone is 22. The summed E-state index contributed by atoms with van der Waals surface area (Å²) in [5.41, 5.74) is 11.3. The van der Waals surface area contributed by atoms with Crippen molar-refractivity contribution in [3.63, 3.8) is 0 Å². The first-order valence-electron chi connectivity index (χ1n) is 10.7. The summed E-state index contributed by atoms with van der Waals surface area (Å²) in [6.07, 6.45) is 26.1. The first-order valence-corrected chi connectivity index (χ1v) is 11.5. The van der Waals surface area contributed by atoms with E-state index in [-0.39, 0.29) is 0 Å². The Labute approximate surface area is 197 Å². The van der Waals surface area contributed by atoms with Gasteiger partial charge in [0.05, 0.1) is 0 Å². The van der Waals surface area contributed by atoms with Gasteiger partial charge in [0.25, 0.3) is 0 Å². The molecule has 0 atom stereocenters. The van der Waals surface area contributed by atoms with E-state index in [1.54, 1.807) is 0 Å². The zero-order valence-corrected chi connectivity index (χ0v) is 21.0. The molecule has 0 spiro atoms. The molecule has 31 heavy (non-hydrogen) atoms. The molecule has 0 aromatic heterocycles. The quantitative estimate of drug-likeness (QED) is 0.323. The van der Waals surface area contributed by atoms with Crippen molar-refractivity contribution in [3.8, 4) is 0 Å². The van der Waals surface area contributed by atoms with E-state index in [2.05, 4.69) is 105 Å². The molecule has 160 valence electrons. The maximum atomic E-state index is 4.11. The summed E-state index contributed by atoms with van der Waals surface area (Å²) in [4.78, 5) is 0. The SMILES string of the molecule is C=C/C=C1/C(/C=C\C)=C(C=C)C2=CC(C)=C(\C=C(Br)/C=C(C)/C=C\C=C/C)CC(C)=C21. The average Bonchev–Trinajstić information content (AvgIpc) is 2.93. The van der Waals surface area contributed by atoms with Crippen LogP contribution in [0, 0.1) is 0 Å². The Bertz CT molecular complexity index is 1060. The summed E-state index contributed by atoms with van der Waals surface area (Å²) >= 11 is 3.75. The van der Waals surface area contributed by atoms with Crippen LogP contribution >= 0.6 is 15.9 Å². The van der Waals surface area contributed by atoms with E-state index in [1.165, 1.54) is 50.2 Å². The molecule has 0 heterocycles. The Morgan fingerprint density at radius 1 is 1.06 bits per heavy atom. The van der Waals surface area contributed by atoms with Crippen LogP contribution in [0.5, 0.6) is 0 Å². The Morgan fingerprint density at radius 3 is 2.42 bits per heavy atom. The highest BCUT2D eigenvalue weighted by atomic mass is 79.9. The minimum atomic E-state index is 0.902. The van der Waals surface area contributed by atoms with Crippen molar-refractivity contribution in [2.45, 2.75) is 41.0 Å². The molecular weight excluding hydrogens is 440 g/mol. The fraction of sp³-hybridized carbons (Fsp3) is 0.200. The lowest BCUT2D eigenvalue weighted by molar-refractivity contribution is 1.11. The van der Waals surface area contributed by atoms with Gasteiger partial charge in [0.1, 0.15) is 0 Å². The summed E-state index contributed by atoms with van der Waals surface area (Å²) in [5.74, 6) is 0. The van der Waals surface area contributed by atoms with Gasteiger partial charge in [-0.1, -0.05) is 101 Å². The predicted molar refractivity (Wildman–Crippen MR) is 143 cm³/mol. The molecule has 0 amide bonds. The van der Waals surface area contributed by atoms with E-state index in [9.17, 15) is 0 Å². The smallest absolute Gasteiger partial charge is 0.0180 e. The summed E-state index contributed by atoms with van der Waals surface area (Å²) in [6.45, 7) is 18.7. The van der Waals surface area contributed by atoms with Crippen molar-refractivity contribution in [2.24, 2.45) is 0 Å². The molecule has 1 heteroatoms. The second-order valence-electron chi connectivity index (χ2n) is 7.75. The average molecular weight is 473 g/mol. The molecule has 0 aromatic rings. The summed E-state index contributed by atoms with van der Waals surface area (Å²) in [6, 6.07) is 0. The van der Waals surface area contributed by atoms with E-state index in [4.69, 9.17) is 0 Å². The maximum absolute atomic E-state index is 4.11. The largest absolute Gasteiger partial charge is 0.0990 e. The van der Waals surface area contributed by atoms with Crippen molar-refractivity contribution < 1.29 is 0 Å². The van der Waals surface area contributed by atoms with Gasteiger partial charge in [-0.25, -0.2) is 0 Å². The van der Waals surface area contributed by atoms with Crippen molar-refractivity contribution in [1.29, 1.82) is 0 Å². The fourth-order valence-electron chi connectivity index (χ4n) is 3.95. The summed E-state index contributed by atoms with van der Waals surface area (Å²) in [7, 11) is 0. The molecule has 0 saturated heterocycles. The first-order chi connectivity index (χ1) is 14.9. The van der Waals surface area contributed by atoms with Crippen LogP contribution < -0.4 is 0 Å². The Kier molecular flexibility index (Phi) is 9.27. The lowest BCUT2D eigenvalue weighted by atomic mass is 9.94. The second-order valence-corrected chi connectivity index (χ2v) is 8.66. The third-order valence-corrected chi connectivity index (χ3v) is 5.78. The van der Waals surface area contributed by atoms with Crippen molar-refractivity contribution >= 4 is 15.9 Å². The highest BCUT2D eigenvalue weighted by Crippen LogP contribution is 2.47. The Morgan fingerprint density at radius 2 is 1.81 bits per heavy atom. The Hall–Kier alpha value is -2.64. The van der Waals surface area contributed by atoms with Crippen molar-refractivity contribution in [3.05, 3.63) is 141 Å². The highest BCUT2D eigenvalue weighted by Gasteiger charge is 2.29. The number of rotatable bonds is 7. The number of halogens is 1. The zero-order chi connectivity index (χ0) is 23.0. The molecule has 0 unspecified atom stereocenters. The van der Waals surface area contributed by atoms with Crippen LogP contribution in [0.2, 0.25) is 0 Å². The van der Waals surface area contributed by atoms with Crippen LogP contribution in [0.4, 0.5) is 0 Å². The Balaban J connectivity index is 2.59. The van der Waals surface area contributed by atoms with Crippen LogP contribution in [-0.4, -0.2) is 0 Å². The van der Waals surface area contributed by atoms with Gasteiger partial charge >= 0.3 is 0 Å². The second kappa shape index (κ2) is 11.7. The normalized spacial score (nSPS) is 19.9. The lowest BCUT2D eigenvalue weighted by Gasteiger charge is -2.10. The van der Waals surface area contributed by atoms with Crippen LogP contribution in [0.3, 0.4) is 0 Å². The molecule has 0 bridgehead atoms. The predicted octanol–water partition coefficient (Wildman–Crippen LogP) is 9.49. The van der Waals surface area contributed by atoms with Crippen LogP contribution in [0.25, 0.3) is 0 Å². The number of fused-ring (bicyclic) bond motifs is 1. The van der Waals surface area contributed by atoms with Gasteiger partial charge in [-0.3, -0.25) is 0 Å². The van der Waals surface area contributed by atoms with Gasteiger partial charge in [0.15, 0.2) is 0 Å². The van der Waals surface area contributed by atoms with Gasteiger partial charge in [-0.2, -0.15) is 0 Å². The third kappa shape index (κ3) is 5.95. The van der Waals surface area contributed by atoms with Gasteiger partial charge in [-0.15, -0.1) is 0 Å². The van der Waals surface area contributed by atoms with Crippen LogP contribution in [-0.2, 0) is 0 Å². The van der Waals surface area contributed by atoms with Gasteiger partial charge in [0.2, 0.25) is 0 Å². The fourth-order valence-corrected chi connectivity index (χ4v) is 4.59. The van der Waals surface area contributed by atoms with Crippen LogP contribution in [0.1, 0.15) is 41.0 Å². The highest BCUT2D eigenvalue weighted by molar-refractivity contribution is 9.11. The minimum absolute atomic E-state index is 0.902. The molecule has 0 aromatic carbocycles. The molecule has 2 aliphatic rings.